The lowest BCUT2D eigenvalue weighted by Crippen LogP contribution is -2.12. The number of rotatable bonds is 11. The van der Waals surface area contributed by atoms with Crippen LogP contribution in [0.5, 0.6) is 5.75 Å². The van der Waals surface area contributed by atoms with Gasteiger partial charge in [-0.3, -0.25) is 4.98 Å². The summed E-state index contributed by atoms with van der Waals surface area (Å²) >= 11 is 0. The Morgan fingerprint density at radius 3 is 2.24 bits per heavy atom. The van der Waals surface area contributed by atoms with Gasteiger partial charge < -0.3 is 9.84 Å². The van der Waals surface area contributed by atoms with E-state index in [9.17, 15) is 5.11 Å². The summed E-state index contributed by atoms with van der Waals surface area (Å²) in [5, 5.41) is 10.0. The fraction of sp³-hybridized carbons (Fsp3) is 0.387. The molecule has 0 saturated carbocycles. The van der Waals surface area contributed by atoms with Crippen LogP contribution in [0.15, 0.2) is 60.7 Å². The number of aliphatic hydroxyl groups excluding tert-OH is 1. The van der Waals surface area contributed by atoms with Crippen molar-refractivity contribution in [3.05, 3.63) is 88.8 Å². The van der Waals surface area contributed by atoms with E-state index in [0.717, 1.165) is 57.8 Å². The third-order valence-corrected chi connectivity index (χ3v) is 5.99. The fourth-order valence-electron chi connectivity index (χ4n) is 4.34. The van der Waals surface area contributed by atoms with Crippen LogP contribution < -0.4 is 4.74 Å². The number of benzene rings is 2. The maximum absolute atomic E-state index is 10.0. The molecule has 0 radical (unpaired) electrons. The Kier molecular flexibility index (Phi) is 9.47. The van der Waals surface area contributed by atoms with Gasteiger partial charge in [-0.15, -0.1) is 0 Å². The van der Waals surface area contributed by atoms with E-state index in [2.05, 4.69) is 71.0 Å². The molecule has 0 unspecified atom stereocenters. The van der Waals surface area contributed by atoms with Crippen LogP contribution >= 0.6 is 0 Å². The maximum Gasteiger partial charge on any atom is 0.127 e. The zero-order chi connectivity index (χ0) is 24.5. The highest BCUT2D eigenvalue weighted by atomic mass is 16.5. The van der Waals surface area contributed by atoms with Gasteiger partial charge in [-0.25, -0.2) is 0 Å². The largest absolute Gasteiger partial charge is 0.488 e. The van der Waals surface area contributed by atoms with Gasteiger partial charge in [0.05, 0.1) is 5.69 Å². The highest BCUT2D eigenvalue weighted by Gasteiger charge is 2.24. The molecule has 2 aromatic carbocycles. The quantitative estimate of drug-likeness (QED) is 0.318. The maximum atomic E-state index is 10.0. The summed E-state index contributed by atoms with van der Waals surface area (Å²) in [7, 11) is 0. The molecule has 0 aliphatic rings. The molecule has 0 amide bonds. The van der Waals surface area contributed by atoms with Gasteiger partial charge in [0.2, 0.25) is 0 Å². The molecule has 3 nitrogen and oxygen atoms in total. The summed E-state index contributed by atoms with van der Waals surface area (Å²) in [5.74, 6) is 1.38. The average molecular weight is 458 g/mol. The van der Waals surface area contributed by atoms with Crippen molar-refractivity contribution >= 4 is 6.08 Å². The highest BCUT2D eigenvalue weighted by molar-refractivity contribution is 5.83. The second kappa shape index (κ2) is 12.5. The Bertz CT molecular complexity index is 1080. The van der Waals surface area contributed by atoms with Crippen LogP contribution in [0.4, 0.5) is 0 Å². The lowest BCUT2D eigenvalue weighted by molar-refractivity contribution is 0.298. The Balaban J connectivity index is 2.26. The first kappa shape index (κ1) is 25.7. The van der Waals surface area contributed by atoms with Crippen LogP contribution in [-0.4, -0.2) is 16.7 Å². The smallest absolute Gasteiger partial charge is 0.127 e. The summed E-state index contributed by atoms with van der Waals surface area (Å²) in [4.78, 5) is 5.18. The molecule has 34 heavy (non-hydrogen) atoms. The van der Waals surface area contributed by atoms with Gasteiger partial charge >= 0.3 is 0 Å². The SMILES string of the molecule is CCCC=Cc1c(C(C)C)nc(C(C)C)c(CCO)c1-c1ccccc1OCc1ccccc1. The number of unbranched alkanes of at least 4 members (excludes halogenated alkanes) is 1. The second-order valence-electron chi connectivity index (χ2n) is 9.39. The van der Waals surface area contributed by atoms with Gasteiger partial charge in [0.1, 0.15) is 12.4 Å². The first-order valence-corrected chi connectivity index (χ1v) is 12.6. The fourth-order valence-corrected chi connectivity index (χ4v) is 4.34. The molecular weight excluding hydrogens is 418 g/mol. The van der Waals surface area contributed by atoms with Crippen molar-refractivity contribution in [2.75, 3.05) is 6.61 Å². The Hall–Kier alpha value is -2.91. The molecule has 0 fully saturated rings. The molecular formula is C31H39NO2. The third-order valence-electron chi connectivity index (χ3n) is 5.99. The Morgan fingerprint density at radius 2 is 1.59 bits per heavy atom. The predicted molar refractivity (Wildman–Crippen MR) is 143 cm³/mol. The first-order chi connectivity index (χ1) is 16.5. The molecule has 3 heteroatoms. The van der Waals surface area contributed by atoms with Gasteiger partial charge in [-0.05, 0) is 47.4 Å². The number of aliphatic hydroxyl groups is 1. The number of hydrogen-bond acceptors (Lipinski definition) is 3. The molecule has 1 N–H and O–H groups in total. The monoisotopic (exact) mass is 457 g/mol. The summed E-state index contributed by atoms with van der Waals surface area (Å²) in [6, 6.07) is 18.5. The molecule has 3 aromatic rings. The number of para-hydroxylation sites is 1. The minimum atomic E-state index is 0.0839. The third kappa shape index (κ3) is 6.15. The van der Waals surface area contributed by atoms with Crippen LogP contribution in [0, 0.1) is 0 Å². The lowest BCUT2D eigenvalue weighted by Gasteiger charge is -2.24. The minimum Gasteiger partial charge on any atom is -0.488 e. The molecule has 0 aliphatic carbocycles. The first-order valence-electron chi connectivity index (χ1n) is 12.6. The molecule has 0 aliphatic heterocycles. The Morgan fingerprint density at radius 1 is 0.912 bits per heavy atom. The molecule has 1 heterocycles. The highest BCUT2D eigenvalue weighted by Crippen LogP contribution is 2.41. The van der Waals surface area contributed by atoms with Crippen molar-refractivity contribution in [2.45, 2.75) is 72.3 Å². The van der Waals surface area contributed by atoms with E-state index in [4.69, 9.17) is 9.72 Å². The van der Waals surface area contributed by atoms with Crippen LogP contribution in [0.1, 0.15) is 87.4 Å². The summed E-state index contributed by atoms with van der Waals surface area (Å²) in [6.07, 6.45) is 7.17. The number of hydrogen-bond donors (Lipinski definition) is 1. The number of allylic oxidation sites excluding steroid dienone is 1. The van der Waals surface area contributed by atoms with Crippen molar-refractivity contribution in [1.29, 1.82) is 0 Å². The summed E-state index contributed by atoms with van der Waals surface area (Å²) in [5.41, 5.74) is 7.78. The number of ether oxygens (including phenoxy) is 1. The number of nitrogens with zero attached hydrogens (tertiary/aromatic N) is 1. The van der Waals surface area contributed by atoms with E-state index in [-0.39, 0.29) is 18.4 Å². The minimum absolute atomic E-state index is 0.0839. The van der Waals surface area contributed by atoms with E-state index in [0.29, 0.717) is 13.0 Å². The predicted octanol–water partition coefficient (Wildman–Crippen LogP) is 7.92. The van der Waals surface area contributed by atoms with E-state index in [1.54, 1.807) is 0 Å². The normalized spacial score (nSPS) is 11.6. The topological polar surface area (TPSA) is 42.4 Å². The van der Waals surface area contributed by atoms with Crippen molar-refractivity contribution in [3.63, 3.8) is 0 Å². The van der Waals surface area contributed by atoms with Crippen molar-refractivity contribution in [2.24, 2.45) is 0 Å². The van der Waals surface area contributed by atoms with E-state index < -0.39 is 0 Å². The molecule has 0 atom stereocenters. The standard InChI is InChI=1S/C31H39NO2/c1-6-7-9-17-26-29(27(19-20-33)31(23(4)5)32-30(26)22(2)3)25-16-12-13-18-28(25)34-21-24-14-10-8-11-15-24/h8-18,22-23,33H,6-7,19-21H2,1-5H3. The van der Waals surface area contributed by atoms with Crippen molar-refractivity contribution in [1.82, 2.24) is 4.98 Å². The van der Waals surface area contributed by atoms with Gasteiger partial charge in [-0.2, -0.15) is 0 Å². The zero-order valence-corrected chi connectivity index (χ0v) is 21.3. The molecule has 1 aromatic heterocycles. The van der Waals surface area contributed by atoms with Gasteiger partial charge in [-0.1, -0.05) is 102 Å². The second-order valence-corrected chi connectivity index (χ2v) is 9.39. The molecule has 0 spiro atoms. The van der Waals surface area contributed by atoms with Crippen LogP contribution in [-0.2, 0) is 13.0 Å². The van der Waals surface area contributed by atoms with Crippen LogP contribution in [0.25, 0.3) is 17.2 Å². The summed E-state index contributed by atoms with van der Waals surface area (Å²) in [6.45, 7) is 11.6. The average Bonchev–Trinajstić information content (AvgIpc) is 2.83. The molecule has 0 saturated heterocycles. The number of aromatic nitrogens is 1. The number of pyridine rings is 1. The van der Waals surface area contributed by atoms with Gasteiger partial charge in [0.15, 0.2) is 0 Å². The summed E-state index contributed by atoms with van der Waals surface area (Å²) < 4.78 is 6.39. The van der Waals surface area contributed by atoms with Crippen LogP contribution in [0.2, 0.25) is 0 Å². The van der Waals surface area contributed by atoms with Crippen molar-refractivity contribution < 1.29 is 9.84 Å². The van der Waals surface area contributed by atoms with E-state index >= 15 is 0 Å². The zero-order valence-electron chi connectivity index (χ0n) is 21.3. The molecule has 3 rings (SSSR count). The molecule has 180 valence electrons. The van der Waals surface area contributed by atoms with E-state index in [1.807, 2.05) is 30.3 Å². The van der Waals surface area contributed by atoms with Gasteiger partial charge in [0, 0.05) is 23.4 Å². The van der Waals surface area contributed by atoms with Crippen molar-refractivity contribution in [3.8, 4) is 16.9 Å². The lowest BCUT2D eigenvalue weighted by atomic mass is 9.85. The van der Waals surface area contributed by atoms with Gasteiger partial charge in [0.25, 0.3) is 0 Å². The Labute approximate surface area is 205 Å². The van der Waals surface area contributed by atoms with Crippen LogP contribution in [0.3, 0.4) is 0 Å². The van der Waals surface area contributed by atoms with E-state index in [1.165, 1.54) is 0 Å². The molecule has 0 bridgehead atoms.